The lowest BCUT2D eigenvalue weighted by Crippen LogP contribution is -2.28. The molecule has 0 bridgehead atoms. The van der Waals surface area contributed by atoms with E-state index in [1.54, 1.807) is 0 Å². The minimum absolute atomic E-state index is 0.204. The van der Waals surface area contributed by atoms with Crippen LogP contribution in [-0.2, 0) is 32.0 Å². The topological polar surface area (TPSA) is 55.8 Å². The van der Waals surface area contributed by atoms with Crippen LogP contribution in [0.2, 0.25) is 0 Å². The molecule has 1 unspecified atom stereocenters. The quantitative estimate of drug-likeness (QED) is 0.268. The molecule has 5 nitrogen and oxygen atoms in total. The van der Waals surface area contributed by atoms with E-state index in [0.29, 0.717) is 26.0 Å². The van der Waals surface area contributed by atoms with E-state index >= 15 is 0 Å². The number of ether oxygens (including phenoxy) is 2. The Labute approximate surface area is 199 Å². The van der Waals surface area contributed by atoms with Gasteiger partial charge in [-0.3, -0.25) is 4.79 Å². The third kappa shape index (κ3) is 9.01. The van der Waals surface area contributed by atoms with Gasteiger partial charge in [0.25, 0.3) is 0 Å². The molecule has 0 spiro atoms. The van der Waals surface area contributed by atoms with Crippen molar-refractivity contribution in [2.45, 2.75) is 71.4 Å². The Kier molecular flexibility index (Phi) is 11.7. The van der Waals surface area contributed by atoms with Crippen LogP contribution in [0.4, 0.5) is 0 Å². The van der Waals surface area contributed by atoms with Crippen molar-refractivity contribution in [2.75, 3.05) is 20.8 Å². The van der Waals surface area contributed by atoms with Gasteiger partial charge in [-0.2, -0.15) is 0 Å². The first kappa shape index (κ1) is 26.6. The molecule has 0 N–H and O–H groups in total. The van der Waals surface area contributed by atoms with Crippen LogP contribution >= 0.6 is 0 Å². The highest BCUT2D eigenvalue weighted by atomic mass is 16.6. The smallest absolute Gasteiger partial charge is 0.335 e. The Morgan fingerprint density at radius 2 is 1.64 bits per heavy atom. The maximum absolute atomic E-state index is 12.5. The molecule has 0 aliphatic carbocycles. The number of methoxy groups -OCH3 is 1. The van der Waals surface area contributed by atoms with Crippen LogP contribution in [0, 0.1) is 0 Å². The molecule has 0 saturated carbocycles. The van der Waals surface area contributed by atoms with Crippen LogP contribution in [0.3, 0.4) is 0 Å². The van der Waals surface area contributed by atoms with Gasteiger partial charge in [0.05, 0.1) is 7.11 Å². The van der Waals surface area contributed by atoms with Crippen LogP contribution in [0.1, 0.15) is 63.5 Å². The van der Waals surface area contributed by atoms with Crippen molar-refractivity contribution in [1.82, 2.24) is 4.90 Å². The fourth-order valence-corrected chi connectivity index (χ4v) is 3.87. The van der Waals surface area contributed by atoms with E-state index in [1.165, 1.54) is 26.4 Å². The molecule has 0 aliphatic heterocycles. The van der Waals surface area contributed by atoms with Crippen molar-refractivity contribution < 1.29 is 19.1 Å². The zero-order valence-corrected chi connectivity index (χ0v) is 20.6. The van der Waals surface area contributed by atoms with Crippen molar-refractivity contribution >= 4 is 11.9 Å². The molecule has 1 amide bonds. The van der Waals surface area contributed by atoms with E-state index < -0.39 is 6.10 Å². The molecular weight excluding hydrogens is 414 g/mol. The summed E-state index contributed by atoms with van der Waals surface area (Å²) in [6, 6.07) is 16.5. The van der Waals surface area contributed by atoms with E-state index in [9.17, 15) is 9.59 Å². The first-order valence-electron chi connectivity index (χ1n) is 12.1. The second-order valence-electron chi connectivity index (χ2n) is 8.48. The summed E-state index contributed by atoms with van der Waals surface area (Å²) in [5.74, 6) is -0.149. The molecule has 0 aromatic heterocycles. The van der Waals surface area contributed by atoms with Gasteiger partial charge >= 0.3 is 5.97 Å². The zero-order valence-electron chi connectivity index (χ0n) is 20.6. The summed E-state index contributed by atoms with van der Waals surface area (Å²) < 4.78 is 10.4. The summed E-state index contributed by atoms with van der Waals surface area (Å²) in [4.78, 5) is 26.2. The molecule has 5 heteroatoms. The molecule has 2 aromatic carbocycles. The number of rotatable bonds is 14. The Hall–Kier alpha value is -2.66. The lowest BCUT2D eigenvalue weighted by molar-refractivity contribution is -0.153. The summed E-state index contributed by atoms with van der Waals surface area (Å²) in [5.41, 5.74) is 4.33. The first-order chi connectivity index (χ1) is 16.0. The SMILES string of the molecule is CCCCCCCC(=O)N(C)Cc1cccc(-c2ccc(CC(OCC)C(=O)OC)cc2)c1. The van der Waals surface area contributed by atoms with Gasteiger partial charge in [-0.25, -0.2) is 4.79 Å². The fourth-order valence-electron chi connectivity index (χ4n) is 3.87. The Morgan fingerprint density at radius 1 is 0.909 bits per heavy atom. The maximum atomic E-state index is 12.5. The summed E-state index contributed by atoms with van der Waals surface area (Å²) in [5, 5.41) is 0. The summed E-state index contributed by atoms with van der Waals surface area (Å²) >= 11 is 0. The lowest BCUT2D eigenvalue weighted by Gasteiger charge is -2.18. The van der Waals surface area contributed by atoms with Crippen LogP contribution in [0.25, 0.3) is 11.1 Å². The summed E-state index contributed by atoms with van der Waals surface area (Å²) in [6.07, 6.45) is 6.28. The van der Waals surface area contributed by atoms with Gasteiger partial charge in [-0.1, -0.05) is 75.1 Å². The van der Waals surface area contributed by atoms with E-state index in [0.717, 1.165) is 35.1 Å². The van der Waals surface area contributed by atoms with Crippen LogP contribution in [0.15, 0.2) is 48.5 Å². The van der Waals surface area contributed by atoms with Gasteiger partial charge in [0, 0.05) is 33.0 Å². The molecule has 0 heterocycles. The average molecular weight is 454 g/mol. The number of hydrogen-bond acceptors (Lipinski definition) is 4. The minimum Gasteiger partial charge on any atom is -0.467 e. The van der Waals surface area contributed by atoms with Crippen molar-refractivity contribution in [2.24, 2.45) is 0 Å². The van der Waals surface area contributed by atoms with Crippen LogP contribution in [0.5, 0.6) is 0 Å². The highest BCUT2D eigenvalue weighted by molar-refractivity contribution is 5.76. The Morgan fingerprint density at radius 3 is 2.30 bits per heavy atom. The Balaban J connectivity index is 1.96. The van der Waals surface area contributed by atoms with Crippen molar-refractivity contribution in [3.8, 4) is 11.1 Å². The third-order valence-corrected chi connectivity index (χ3v) is 5.81. The second-order valence-corrected chi connectivity index (χ2v) is 8.48. The number of benzene rings is 2. The van der Waals surface area contributed by atoms with Gasteiger partial charge in [0.15, 0.2) is 6.10 Å². The zero-order chi connectivity index (χ0) is 24.1. The van der Waals surface area contributed by atoms with Gasteiger partial charge in [0.1, 0.15) is 0 Å². The predicted molar refractivity (Wildman–Crippen MR) is 133 cm³/mol. The molecule has 33 heavy (non-hydrogen) atoms. The van der Waals surface area contributed by atoms with Crippen molar-refractivity contribution in [3.05, 3.63) is 59.7 Å². The number of nitrogens with zero attached hydrogens (tertiary/aromatic N) is 1. The monoisotopic (exact) mass is 453 g/mol. The molecule has 2 rings (SSSR count). The van der Waals surface area contributed by atoms with Gasteiger partial charge in [0.2, 0.25) is 5.91 Å². The minimum atomic E-state index is -0.589. The number of hydrogen-bond donors (Lipinski definition) is 0. The highest BCUT2D eigenvalue weighted by Crippen LogP contribution is 2.22. The van der Waals surface area contributed by atoms with E-state index in [4.69, 9.17) is 9.47 Å². The average Bonchev–Trinajstić information content (AvgIpc) is 2.83. The van der Waals surface area contributed by atoms with Crippen molar-refractivity contribution in [1.29, 1.82) is 0 Å². The second kappa shape index (κ2) is 14.5. The number of carbonyl (C=O) groups excluding carboxylic acids is 2. The first-order valence-corrected chi connectivity index (χ1v) is 12.1. The highest BCUT2D eigenvalue weighted by Gasteiger charge is 2.19. The van der Waals surface area contributed by atoms with Crippen molar-refractivity contribution in [3.63, 3.8) is 0 Å². The normalized spacial score (nSPS) is 11.8. The molecule has 0 saturated heterocycles. The van der Waals surface area contributed by atoms with Crippen LogP contribution < -0.4 is 0 Å². The molecular formula is C28H39NO4. The predicted octanol–water partition coefficient (Wildman–Crippen LogP) is 5.79. The number of esters is 1. The standard InChI is InChI=1S/C28H39NO4/c1-5-7-8-9-10-14-27(30)29(3)21-23-12-11-13-25(19-23)24-17-15-22(16-18-24)20-26(33-6-2)28(31)32-4/h11-13,15-19,26H,5-10,14,20-21H2,1-4H3. The summed E-state index contributed by atoms with van der Waals surface area (Å²) in [7, 11) is 3.26. The summed E-state index contributed by atoms with van der Waals surface area (Å²) in [6.45, 7) is 5.13. The van der Waals surface area contributed by atoms with Crippen LogP contribution in [-0.4, -0.2) is 43.6 Å². The molecule has 0 aliphatic rings. The number of carbonyl (C=O) groups is 2. The number of amides is 1. The number of unbranched alkanes of at least 4 members (excludes halogenated alkanes) is 4. The molecule has 1 atom stereocenters. The Bertz CT molecular complexity index is 862. The maximum Gasteiger partial charge on any atom is 0.335 e. The molecule has 0 fully saturated rings. The van der Waals surface area contributed by atoms with Gasteiger partial charge in [-0.05, 0) is 41.7 Å². The van der Waals surface area contributed by atoms with Gasteiger partial charge in [-0.15, -0.1) is 0 Å². The van der Waals surface area contributed by atoms with E-state index in [-0.39, 0.29) is 11.9 Å². The largest absolute Gasteiger partial charge is 0.467 e. The van der Waals surface area contributed by atoms with E-state index in [2.05, 4.69) is 37.3 Å². The van der Waals surface area contributed by atoms with E-state index in [1.807, 2.05) is 37.1 Å². The lowest BCUT2D eigenvalue weighted by atomic mass is 9.99. The molecule has 0 radical (unpaired) electrons. The molecule has 2 aromatic rings. The third-order valence-electron chi connectivity index (χ3n) is 5.81. The fraction of sp³-hybridized carbons (Fsp3) is 0.500. The molecule has 180 valence electrons. The van der Waals surface area contributed by atoms with Gasteiger partial charge < -0.3 is 14.4 Å².